The number of aryl methyl sites for hydroxylation is 2. The molecule has 1 aromatic heterocycles. The van der Waals surface area contributed by atoms with Gasteiger partial charge in [0.1, 0.15) is 5.82 Å². The van der Waals surface area contributed by atoms with Crippen LogP contribution in [0.4, 0.5) is 5.82 Å². The third kappa shape index (κ3) is 1.12. The van der Waals surface area contributed by atoms with Crippen molar-refractivity contribution in [2.75, 3.05) is 5.73 Å². The van der Waals surface area contributed by atoms with Crippen molar-refractivity contribution in [1.29, 1.82) is 0 Å². The second-order valence-electron chi connectivity index (χ2n) is 2.23. The smallest absolute Gasteiger partial charge is 0.121 e. The first-order valence-corrected chi connectivity index (χ1v) is 3.60. The molecule has 0 amide bonds. The third-order valence-electron chi connectivity index (χ3n) is 1.52. The first-order chi connectivity index (χ1) is 4.77. The van der Waals surface area contributed by atoms with Crippen LogP contribution in [0.5, 0.6) is 0 Å². The first-order valence-electron chi connectivity index (χ1n) is 3.60. The van der Waals surface area contributed by atoms with E-state index in [-0.39, 0.29) is 0 Å². The van der Waals surface area contributed by atoms with Gasteiger partial charge >= 0.3 is 0 Å². The molecule has 0 saturated carbocycles. The van der Waals surface area contributed by atoms with Crippen molar-refractivity contribution in [2.45, 2.75) is 26.8 Å². The maximum atomic E-state index is 5.63. The van der Waals surface area contributed by atoms with Gasteiger partial charge in [-0.05, 0) is 13.3 Å². The average molecular weight is 139 g/mol. The molecule has 56 valence electrons. The second-order valence-corrected chi connectivity index (χ2v) is 2.23. The first kappa shape index (κ1) is 7.12. The van der Waals surface area contributed by atoms with Gasteiger partial charge < -0.3 is 5.73 Å². The molecule has 2 N–H and O–H groups in total. The fourth-order valence-electron chi connectivity index (χ4n) is 0.913. The molecule has 0 aromatic carbocycles. The van der Waals surface area contributed by atoms with Gasteiger partial charge in [-0.15, -0.1) is 0 Å². The molecule has 0 aliphatic carbocycles. The Hall–Kier alpha value is -0.990. The van der Waals surface area contributed by atoms with Crippen LogP contribution in [0.15, 0.2) is 6.07 Å². The standard InChI is InChI=1S/C7H13N3/c1-3-6-5-7(8)10(4-2)9-6/h5H,3-4,8H2,1-2H3. The van der Waals surface area contributed by atoms with Gasteiger partial charge in [0.2, 0.25) is 0 Å². The summed E-state index contributed by atoms with van der Waals surface area (Å²) in [6, 6.07) is 1.92. The van der Waals surface area contributed by atoms with Crippen molar-refractivity contribution in [1.82, 2.24) is 9.78 Å². The number of rotatable bonds is 2. The molecule has 0 spiro atoms. The van der Waals surface area contributed by atoms with Gasteiger partial charge in [-0.2, -0.15) is 5.10 Å². The number of aromatic nitrogens is 2. The lowest BCUT2D eigenvalue weighted by Gasteiger charge is -1.95. The number of nitrogens with two attached hydrogens (primary N) is 1. The molecule has 0 atom stereocenters. The number of hydrogen-bond donors (Lipinski definition) is 1. The van der Waals surface area contributed by atoms with Crippen LogP contribution >= 0.6 is 0 Å². The Morgan fingerprint density at radius 1 is 1.60 bits per heavy atom. The van der Waals surface area contributed by atoms with Crippen LogP contribution < -0.4 is 5.73 Å². The van der Waals surface area contributed by atoms with E-state index < -0.39 is 0 Å². The zero-order chi connectivity index (χ0) is 7.56. The molecular formula is C7H13N3. The Kier molecular flexibility index (Phi) is 1.94. The summed E-state index contributed by atoms with van der Waals surface area (Å²) in [4.78, 5) is 0. The monoisotopic (exact) mass is 139 g/mol. The van der Waals surface area contributed by atoms with Gasteiger partial charge in [-0.25, -0.2) is 0 Å². The molecule has 10 heavy (non-hydrogen) atoms. The fraction of sp³-hybridized carbons (Fsp3) is 0.571. The van der Waals surface area contributed by atoms with Crippen LogP contribution in [0.2, 0.25) is 0 Å². The predicted octanol–water partition coefficient (Wildman–Crippen LogP) is 1.05. The van der Waals surface area contributed by atoms with E-state index in [4.69, 9.17) is 5.73 Å². The van der Waals surface area contributed by atoms with Gasteiger partial charge in [0.25, 0.3) is 0 Å². The summed E-state index contributed by atoms with van der Waals surface area (Å²) < 4.78 is 1.80. The highest BCUT2D eigenvalue weighted by atomic mass is 15.3. The maximum absolute atomic E-state index is 5.63. The van der Waals surface area contributed by atoms with Crippen LogP contribution in [0.3, 0.4) is 0 Å². The second kappa shape index (κ2) is 2.73. The molecule has 1 heterocycles. The Morgan fingerprint density at radius 2 is 2.30 bits per heavy atom. The van der Waals surface area contributed by atoms with Crippen molar-refractivity contribution < 1.29 is 0 Å². The molecule has 3 heteroatoms. The van der Waals surface area contributed by atoms with Crippen LogP contribution in [-0.4, -0.2) is 9.78 Å². The zero-order valence-electron chi connectivity index (χ0n) is 6.46. The average Bonchev–Trinajstić information content (AvgIpc) is 2.30. The lowest BCUT2D eigenvalue weighted by atomic mass is 10.3. The summed E-state index contributed by atoms with van der Waals surface area (Å²) in [5.41, 5.74) is 6.70. The van der Waals surface area contributed by atoms with E-state index in [2.05, 4.69) is 12.0 Å². The molecule has 0 saturated heterocycles. The lowest BCUT2D eigenvalue weighted by molar-refractivity contribution is 0.657. The summed E-state index contributed by atoms with van der Waals surface area (Å²) in [7, 11) is 0. The molecule has 0 radical (unpaired) electrons. The molecular weight excluding hydrogens is 126 g/mol. The summed E-state index contributed by atoms with van der Waals surface area (Å²) in [6.07, 6.45) is 0.956. The van der Waals surface area contributed by atoms with Crippen LogP contribution in [-0.2, 0) is 13.0 Å². The van der Waals surface area contributed by atoms with Crippen molar-refractivity contribution >= 4 is 5.82 Å². The fourth-order valence-corrected chi connectivity index (χ4v) is 0.913. The zero-order valence-corrected chi connectivity index (χ0v) is 6.46. The predicted molar refractivity (Wildman–Crippen MR) is 41.7 cm³/mol. The van der Waals surface area contributed by atoms with Crippen LogP contribution in [0.1, 0.15) is 19.5 Å². The third-order valence-corrected chi connectivity index (χ3v) is 1.52. The normalized spacial score (nSPS) is 10.2. The largest absolute Gasteiger partial charge is 0.384 e. The van der Waals surface area contributed by atoms with Gasteiger partial charge in [0.05, 0.1) is 5.69 Å². The van der Waals surface area contributed by atoms with Gasteiger partial charge in [0.15, 0.2) is 0 Å². The molecule has 0 bridgehead atoms. The quantitative estimate of drug-likeness (QED) is 0.665. The van der Waals surface area contributed by atoms with Crippen molar-refractivity contribution in [3.8, 4) is 0 Å². The Bertz CT molecular complexity index is 215. The molecule has 1 aromatic rings. The highest BCUT2D eigenvalue weighted by molar-refractivity contribution is 5.30. The number of nitrogen functional groups attached to an aromatic ring is 1. The van der Waals surface area contributed by atoms with Crippen LogP contribution in [0.25, 0.3) is 0 Å². The maximum Gasteiger partial charge on any atom is 0.121 e. The summed E-state index contributed by atoms with van der Waals surface area (Å²) in [5.74, 6) is 0.763. The Morgan fingerprint density at radius 3 is 2.60 bits per heavy atom. The number of hydrogen-bond acceptors (Lipinski definition) is 2. The highest BCUT2D eigenvalue weighted by Gasteiger charge is 1.99. The Labute approximate surface area is 60.8 Å². The van der Waals surface area contributed by atoms with Crippen molar-refractivity contribution in [3.63, 3.8) is 0 Å². The van der Waals surface area contributed by atoms with E-state index in [1.165, 1.54) is 0 Å². The minimum absolute atomic E-state index is 0.763. The van der Waals surface area contributed by atoms with Gasteiger partial charge in [-0.1, -0.05) is 6.92 Å². The summed E-state index contributed by atoms with van der Waals surface area (Å²) in [6.45, 7) is 4.95. The minimum Gasteiger partial charge on any atom is -0.384 e. The molecule has 0 fully saturated rings. The molecule has 3 nitrogen and oxygen atoms in total. The topological polar surface area (TPSA) is 43.8 Å². The van der Waals surface area contributed by atoms with Crippen molar-refractivity contribution in [2.24, 2.45) is 0 Å². The molecule has 0 unspecified atom stereocenters. The van der Waals surface area contributed by atoms with E-state index in [9.17, 15) is 0 Å². The number of anilines is 1. The van der Waals surface area contributed by atoms with Gasteiger partial charge in [0, 0.05) is 12.6 Å². The van der Waals surface area contributed by atoms with E-state index >= 15 is 0 Å². The van der Waals surface area contributed by atoms with Crippen molar-refractivity contribution in [3.05, 3.63) is 11.8 Å². The van der Waals surface area contributed by atoms with E-state index in [0.717, 1.165) is 24.5 Å². The molecule has 1 rings (SSSR count). The van der Waals surface area contributed by atoms with E-state index in [1.54, 1.807) is 4.68 Å². The lowest BCUT2D eigenvalue weighted by Crippen LogP contribution is -2.01. The Balaban J connectivity index is 2.92. The minimum atomic E-state index is 0.763. The molecule has 0 aliphatic heterocycles. The highest BCUT2D eigenvalue weighted by Crippen LogP contribution is 2.05. The van der Waals surface area contributed by atoms with E-state index in [1.807, 2.05) is 13.0 Å². The SMILES string of the molecule is CCc1cc(N)n(CC)n1. The number of nitrogens with zero attached hydrogens (tertiary/aromatic N) is 2. The molecule has 0 aliphatic rings. The van der Waals surface area contributed by atoms with Gasteiger partial charge in [-0.3, -0.25) is 4.68 Å². The van der Waals surface area contributed by atoms with E-state index in [0.29, 0.717) is 0 Å². The van der Waals surface area contributed by atoms with Crippen LogP contribution in [0, 0.1) is 0 Å². The summed E-state index contributed by atoms with van der Waals surface area (Å²) >= 11 is 0. The summed E-state index contributed by atoms with van der Waals surface area (Å²) in [5, 5.41) is 4.24.